The van der Waals surface area contributed by atoms with E-state index in [4.69, 9.17) is 0 Å². The Morgan fingerprint density at radius 2 is 0.976 bits per heavy atom. The summed E-state index contributed by atoms with van der Waals surface area (Å²) in [5.41, 5.74) is 8.73. The average Bonchev–Trinajstić information content (AvgIpc) is 3.60. The van der Waals surface area contributed by atoms with Crippen LogP contribution in [0, 0.1) is 0 Å². The van der Waals surface area contributed by atoms with Gasteiger partial charge < -0.3 is 4.57 Å². The van der Waals surface area contributed by atoms with Gasteiger partial charge in [-0.2, -0.15) is 0 Å². The van der Waals surface area contributed by atoms with Crippen molar-refractivity contribution in [3.05, 3.63) is 194 Å². The van der Waals surface area contributed by atoms with Gasteiger partial charge in [-0.15, -0.1) is 12.3 Å². The summed E-state index contributed by atoms with van der Waals surface area (Å²) in [5, 5.41) is -0.208. The molecule has 0 aliphatic rings. The summed E-state index contributed by atoms with van der Waals surface area (Å²) in [5.74, 6) is 0. The maximum atomic E-state index is 4.31. The highest BCUT2D eigenvalue weighted by molar-refractivity contribution is 6.95. The maximum absolute atomic E-state index is 4.31. The van der Waals surface area contributed by atoms with Crippen LogP contribution in [0.25, 0.3) is 0 Å². The Bertz CT molecular complexity index is 1460. The fraction of sp³-hybridized carbons (Fsp3) is 0.0541. The lowest BCUT2D eigenvalue weighted by molar-refractivity contribution is 0.587. The van der Waals surface area contributed by atoms with E-state index in [1.54, 1.807) is 0 Å². The molecule has 41 heavy (non-hydrogen) atoms. The van der Waals surface area contributed by atoms with Crippen molar-refractivity contribution in [3.63, 3.8) is 0 Å². The summed E-state index contributed by atoms with van der Waals surface area (Å²) < 4.78 is 2.25. The van der Waals surface area contributed by atoms with Gasteiger partial charge >= 0.3 is 0 Å². The molecule has 0 N–H and O–H groups in total. The summed E-state index contributed by atoms with van der Waals surface area (Å²) >= 11 is 0. The molecule has 200 valence electrons. The van der Waals surface area contributed by atoms with Crippen molar-refractivity contribution >= 4 is 31.9 Å². The van der Waals surface area contributed by atoms with Gasteiger partial charge in [0.25, 0.3) is 0 Å². The Kier molecular flexibility index (Phi) is 9.25. The summed E-state index contributed by atoms with van der Waals surface area (Å²) in [7, 11) is -1.39. The molecule has 2 nitrogen and oxygen atoms in total. The molecule has 0 fully saturated rings. The predicted molar refractivity (Wildman–Crippen MR) is 178 cm³/mol. The largest absolute Gasteiger partial charge is 0.326 e. The molecule has 1 heterocycles. The first-order chi connectivity index (χ1) is 20.2. The Balaban J connectivity index is 0.000000166. The first kappa shape index (κ1) is 27.9. The minimum atomic E-state index is -1.39. The van der Waals surface area contributed by atoms with Crippen molar-refractivity contribution in [1.29, 1.82) is 0 Å². The van der Waals surface area contributed by atoms with Crippen LogP contribution in [0.2, 0.25) is 6.55 Å². The Morgan fingerprint density at radius 1 is 0.610 bits per heavy atom. The van der Waals surface area contributed by atoms with Gasteiger partial charge in [-0.3, -0.25) is 0 Å². The highest BCUT2D eigenvalue weighted by atomic mass is 28.3. The van der Waals surface area contributed by atoms with Gasteiger partial charge in [0.1, 0.15) is 0 Å². The average molecular weight is 547 g/mol. The minimum absolute atomic E-state index is 0.208. The second-order valence-electron chi connectivity index (χ2n) is 10.2. The number of rotatable bonds is 8. The van der Waals surface area contributed by atoms with Crippen LogP contribution in [-0.4, -0.2) is 25.1 Å². The van der Waals surface area contributed by atoms with Crippen molar-refractivity contribution in [1.82, 2.24) is 9.55 Å². The quantitative estimate of drug-likeness (QED) is 0.214. The molecule has 0 amide bonds. The highest BCUT2D eigenvalue weighted by Gasteiger charge is 2.40. The summed E-state index contributed by atoms with van der Waals surface area (Å²) in [6.07, 6.45) is 5.84. The minimum Gasteiger partial charge on any atom is -0.326 e. The molecular formula is C37H35BN2Si. The van der Waals surface area contributed by atoms with Crippen molar-refractivity contribution in [2.75, 3.05) is 0 Å². The summed E-state index contributed by atoms with van der Waals surface area (Å²) in [6, 6.07) is 53.4. The van der Waals surface area contributed by atoms with Crippen molar-refractivity contribution < 1.29 is 0 Å². The Hall–Kier alpha value is -4.67. The van der Waals surface area contributed by atoms with Crippen LogP contribution in [0.3, 0.4) is 0 Å². The molecule has 0 saturated heterocycles. The molecule has 4 heteroatoms. The Labute approximate surface area is 246 Å². The summed E-state index contributed by atoms with van der Waals surface area (Å²) in [6.45, 7) is 6.76. The van der Waals surface area contributed by atoms with Crippen molar-refractivity contribution in [2.24, 2.45) is 0 Å². The van der Waals surface area contributed by atoms with E-state index in [-0.39, 0.29) is 5.16 Å². The lowest BCUT2D eigenvalue weighted by Gasteiger charge is -2.40. The van der Waals surface area contributed by atoms with Gasteiger partial charge in [-0.05, 0) is 11.1 Å². The SMILES string of the molecule is C=C[SiH](C)C(c1ccccc1)(c1ccccc1)n1ccnc1.c1ccc(B(c2ccccc2)c2ccccc2)cc1. The molecule has 6 rings (SSSR count). The van der Waals surface area contributed by atoms with Gasteiger partial charge in [-0.25, -0.2) is 4.98 Å². The fourth-order valence-electron chi connectivity index (χ4n) is 5.76. The lowest BCUT2D eigenvalue weighted by atomic mass is 9.37. The predicted octanol–water partition coefficient (Wildman–Crippen LogP) is 6.00. The van der Waals surface area contributed by atoms with E-state index in [2.05, 4.69) is 186 Å². The van der Waals surface area contributed by atoms with Crippen LogP contribution >= 0.6 is 0 Å². The second-order valence-corrected chi connectivity index (χ2v) is 13.0. The van der Waals surface area contributed by atoms with Gasteiger partial charge in [0.15, 0.2) is 0 Å². The molecule has 1 atom stereocenters. The third-order valence-electron chi connectivity index (χ3n) is 7.75. The zero-order chi connectivity index (χ0) is 28.3. The molecule has 0 radical (unpaired) electrons. The van der Waals surface area contributed by atoms with Crippen LogP contribution in [0.15, 0.2) is 183 Å². The van der Waals surface area contributed by atoms with Gasteiger partial charge in [0, 0.05) is 12.4 Å². The smallest absolute Gasteiger partial charge is 0.241 e. The number of imidazole rings is 1. The molecule has 5 aromatic carbocycles. The van der Waals surface area contributed by atoms with E-state index in [0.29, 0.717) is 6.71 Å². The normalized spacial score (nSPS) is 11.5. The number of hydrogen-bond acceptors (Lipinski definition) is 1. The van der Waals surface area contributed by atoms with E-state index < -0.39 is 8.80 Å². The molecule has 0 saturated carbocycles. The molecule has 0 aliphatic heterocycles. The van der Waals surface area contributed by atoms with Crippen molar-refractivity contribution in [3.8, 4) is 0 Å². The zero-order valence-electron chi connectivity index (χ0n) is 23.5. The molecule has 1 aromatic heterocycles. The number of nitrogens with zero attached hydrogens (tertiary/aromatic N) is 2. The van der Waals surface area contributed by atoms with E-state index in [9.17, 15) is 0 Å². The molecule has 0 bridgehead atoms. The maximum Gasteiger partial charge on any atom is 0.241 e. The second kappa shape index (κ2) is 13.6. The number of aromatic nitrogens is 2. The van der Waals surface area contributed by atoms with E-state index in [0.717, 1.165) is 0 Å². The van der Waals surface area contributed by atoms with Crippen LogP contribution < -0.4 is 16.4 Å². The lowest BCUT2D eigenvalue weighted by Crippen LogP contribution is -2.51. The Morgan fingerprint density at radius 3 is 1.29 bits per heavy atom. The van der Waals surface area contributed by atoms with E-state index >= 15 is 0 Å². The van der Waals surface area contributed by atoms with Gasteiger partial charge in [0.2, 0.25) is 6.71 Å². The van der Waals surface area contributed by atoms with Crippen LogP contribution in [0.4, 0.5) is 0 Å². The van der Waals surface area contributed by atoms with Crippen molar-refractivity contribution in [2.45, 2.75) is 11.7 Å². The van der Waals surface area contributed by atoms with Gasteiger partial charge in [-0.1, -0.05) is 175 Å². The van der Waals surface area contributed by atoms with E-state index in [1.165, 1.54) is 27.5 Å². The van der Waals surface area contributed by atoms with Crippen LogP contribution in [0.5, 0.6) is 0 Å². The van der Waals surface area contributed by atoms with Gasteiger partial charge in [0.05, 0.1) is 20.3 Å². The first-order valence-corrected chi connectivity index (χ1v) is 16.5. The highest BCUT2D eigenvalue weighted by Crippen LogP contribution is 2.37. The zero-order valence-corrected chi connectivity index (χ0v) is 24.7. The summed E-state index contributed by atoms with van der Waals surface area (Å²) in [4.78, 5) is 4.31. The third kappa shape index (κ3) is 6.08. The molecule has 6 aromatic rings. The number of hydrogen-bond donors (Lipinski definition) is 0. The third-order valence-corrected chi connectivity index (χ3v) is 10.7. The van der Waals surface area contributed by atoms with Crippen LogP contribution in [0.1, 0.15) is 11.1 Å². The molecule has 1 unspecified atom stereocenters. The van der Waals surface area contributed by atoms with Crippen LogP contribution in [-0.2, 0) is 5.16 Å². The fourth-order valence-corrected chi connectivity index (χ4v) is 8.16. The molecular weight excluding hydrogens is 511 g/mol. The monoisotopic (exact) mass is 546 g/mol. The molecule has 0 spiro atoms. The topological polar surface area (TPSA) is 17.8 Å². The first-order valence-electron chi connectivity index (χ1n) is 14.1. The molecule has 0 aliphatic carbocycles. The number of benzene rings is 5. The standard InChI is InChI=1S/C19H20N2Si.C18H15B/c1-3-22(2)19(21-15-14-20-16-21,17-10-6-4-7-11-17)18-12-8-5-9-13-18;1-4-10-16(11-5-1)19(17-12-6-2-7-13-17)18-14-8-3-9-15-18/h3-16,22H,1H2,2H3;1-15H. The van der Waals surface area contributed by atoms with E-state index in [1.807, 2.05) is 12.5 Å².